The highest BCUT2D eigenvalue weighted by Gasteiger charge is 2.19. The van der Waals surface area contributed by atoms with Gasteiger partial charge in [-0.05, 0) is 91.3 Å². The third kappa shape index (κ3) is 14.4. The summed E-state index contributed by atoms with van der Waals surface area (Å²) in [5.74, 6) is -2.13. The number of benzene rings is 2. The number of ether oxygens (including phenoxy) is 2. The Morgan fingerprint density at radius 1 is 0.906 bits per heavy atom. The van der Waals surface area contributed by atoms with Gasteiger partial charge in [-0.2, -0.15) is 0 Å². The van der Waals surface area contributed by atoms with Crippen molar-refractivity contribution in [1.29, 1.82) is 0 Å². The molecule has 0 heterocycles. The van der Waals surface area contributed by atoms with Crippen molar-refractivity contribution < 1.29 is 33.8 Å². The minimum Gasteiger partial charge on any atom is -0.493 e. The van der Waals surface area contributed by atoms with E-state index in [0.29, 0.717) is 34.6 Å². The van der Waals surface area contributed by atoms with Gasteiger partial charge < -0.3 is 25.2 Å². The van der Waals surface area contributed by atoms with Crippen LogP contribution in [0.5, 0.6) is 11.5 Å². The van der Waals surface area contributed by atoms with Crippen molar-refractivity contribution in [2.24, 2.45) is 5.18 Å². The summed E-state index contributed by atoms with van der Waals surface area (Å²) in [5, 5.41) is 18.0. The first kappa shape index (κ1) is 45.2. The molecule has 3 rings (SSSR count). The van der Waals surface area contributed by atoms with Crippen LogP contribution in [0.4, 0.5) is 0 Å². The van der Waals surface area contributed by atoms with Gasteiger partial charge >= 0.3 is 11.9 Å². The number of amides is 3. The Morgan fingerprint density at radius 3 is 2.15 bits per heavy atom. The fraction of sp³-hybridized carbons (Fsp3) is 0.333. The van der Waals surface area contributed by atoms with Crippen LogP contribution in [0.2, 0.25) is 0 Å². The van der Waals surface area contributed by atoms with Gasteiger partial charge in [-0.3, -0.25) is 14.4 Å². The highest BCUT2D eigenvalue weighted by molar-refractivity contribution is 5.98. The number of hydrogen-bond acceptors (Lipinski definition) is 7. The number of nitrogens with zero attached hydrogens (tertiary/aromatic N) is 1. The number of rotatable bonds is 15. The van der Waals surface area contributed by atoms with E-state index in [-0.39, 0.29) is 54.1 Å². The van der Waals surface area contributed by atoms with Crippen molar-refractivity contribution in [3.8, 4) is 11.5 Å². The summed E-state index contributed by atoms with van der Waals surface area (Å²) >= 11 is 0. The first-order valence-corrected chi connectivity index (χ1v) is 17.5. The summed E-state index contributed by atoms with van der Waals surface area (Å²) in [6, 6.07) is 11.0. The van der Waals surface area contributed by atoms with E-state index in [1.807, 2.05) is 59.7 Å². The molecule has 2 aromatic rings. The molecule has 3 N–H and O–H groups in total. The molecule has 11 nitrogen and oxygen atoms in total. The Morgan fingerprint density at radius 2 is 1.57 bits per heavy atom. The summed E-state index contributed by atoms with van der Waals surface area (Å²) in [6.07, 6.45) is 8.65. The number of aryl methyl sites for hydroxylation is 3. The Kier molecular flexibility index (Phi) is 20.1. The van der Waals surface area contributed by atoms with Gasteiger partial charge in [0.2, 0.25) is 11.8 Å². The average molecular weight is 728 g/mol. The number of aliphatic carboxylic acids is 1. The molecule has 0 radical (unpaired) electrons. The predicted molar refractivity (Wildman–Crippen MR) is 209 cm³/mol. The van der Waals surface area contributed by atoms with E-state index >= 15 is 0 Å². The van der Waals surface area contributed by atoms with Crippen molar-refractivity contribution >= 4 is 23.7 Å². The lowest BCUT2D eigenvalue weighted by atomic mass is 9.99. The second-order valence-electron chi connectivity index (χ2n) is 11.4. The minimum absolute atomic E-state index is 0.0574. The fourth-order valence-electron chi connectivity index (χ4n) is 5.10. The highest BCUT2D eigenvalue weighted by Crippen LogP contribution is 2.28. The average Bonchev–Trinajstić information content (AvgIpc) is 3.36. The van der Waals surface area contributed by atoms with E-state index < -0.39 is 17.8 Å². The molecule has 1 aliphatic rings. The summed E-state index contributed by atoms with van der Waals surface area (Å²) < 4.78 is 10.5. The second-order valence-corrected chi connectivity index (χ2v) is 11.4. The molecule has 11 heteroatoms. The van der Waals surface area contributed by atoms with Crippen LogP contribution in [0.15, 0.2) is 112 Å². The molecule has 0 saturated carbocycles. The first-order chi connectivity index (χ1) is 25.4. The van der Waals surface area contributed by atoms with E-state index in [9.17, 15) is 29.2 Å². The summed E-state index contributed by atoms with van der Waals surface area (Å²) in [6.45, 7) is 17.3. The van der Waals surface area contributed by atoms with Crippen LogP contribution < -0.4 is 20.1 Å². The number of hydrogen-bond donors (Lipinski definition) is 3. The zero-order chi connectivity index (χ0) is 40.1. The smallest absolute Gasteiger partial charge is 0.337 e. The number of carbonyl (C=O) groups is 4. The predicted octanol–water partition coefficient (Wildman–Crippen LogP) is 8.08. The van der Waals surface area contributed by atoms with Gasteiger partial charge in [0.05, 0.1) is 31.8 Å². The van der Waals surface area contributed by atoms with Crippen molar-refractivity contribution in [2.75, 3.05) is 14.2 Å². The molecular formula is C42H53N3O8. The zero-order valence-corrected chi connectivity index (χ0v) is 32.3. The molecule has 284 valence electrons. The number of methoxy groups -OCH3 is 2. The van der Waals surface area contributed by atoms with Gasteiger partial charge in [0.25, 0.3) is 0 Å². The third-order valence-electron chi connectivity index (χ3n) is 7.90. The summed E-state index contributed by atoms with van der Waals surface area (Å²) in [7, 11) is 2.98. The number of carboxylic acid groups (broad SMARTS) is 1. The Bertz CT molecular complexity index is 1810. The molecule has 0 unspecified atom stereocenters. The molecule has 0 saturated heterocycles. The topological polar surface area (TPSA) is 160 Å². The third-order valence-corrected chi connectivity index (χ3v) is 7.90. The van der Waals surface area contributed by atoms with Gasteiger partial charge in [-0.25, -0.2) is 4.79 Å². The van der Waals surface area contributed by atoms with Crippen LogP contribution in [0.25, 0.3) is 0 Å². The molecule has 1 aliphatic carbocycles. The van der Waals surface area contributed by atoms with E-state index in [4.69, 9.17) is 9.47 Å². The summed E-state index contributed by atoms with van der Waals surface area (Å²) in [4.78, 5) is 61.8. The largest absolute Gasteiger partial charge is 0.493 e. The lowest BCUT2D eigenvalue weighted by molar-refractivity contribution is -0.132. The van der Waals surface area contributed by atoms with Crippen molar-refractivity contribution in [3.63, 3.8) is 0 Å². The summed E-state index contributed by atoms with van der Waals surface area (Å²) in [5.41, 5.74) is 5.03. The first-order valence-electron chi connectivity index (χ1n) is 17.5. The van der Waals surface area contributed by atoms with Gasteiger partial charge in [0.1, 0.15) is 0 Å². The van der Waals surface area contributed by atoms with Crippen LogP contribution in [-0.2, 0) is 32.0 Å². The van der Waals surface area contributed by atoms with Crippen molar-refractivity contribution in [3.05, 3.63) is 134 Å². The molecule has 53 heavy (non-hydrogen) atoms. The van der Waals surface area contributed by atoms with E-state index in [0.717, 1.165) is 16.7 Å². The van der Waals surface area contributed by atoms with Gasteiger partial charge in [0, 0.05) is 29.4 Å². The normalized spacial score (nSPS) is 12.6. The van der Waals surface area contributed by atoms with Crippen LogP contribution in [0, 0.1) is 18.8 Å². The van der Waals surface area contributed by atoms with Crippen molar-refractivity contribution in [2.45, 2.75) is 80.6 Å². The maximum absolute atomic E-state index is 12.9. The van der Waals surface area contributed by atoms with Gasteiger partial charge in [-0.1, -0.05) is 76.8 Å². The zero-order valence-electron chi connectivity index (χ0n) is 32.3. The molecule has 0 atom stereocenters. The van der Waals surface area contributed by atoms with Gasteiger partial charge in [0.15, 0.2) is 11.5 Å². The lowest BCUT2D eigenvalue weighted by Crippen LogP contribution is -2.25. The maximum Gasteiger partial charge on any atom is 0.337 e. The van der Waals surface area contributed by atoms with Gasteiger partial charge in [-0.15, -0.1) is 4.91 Å². The Labute approximate surface area is 313 Å². The fourth-order valence-corrected chi connectivity index (χ4v) is 5.10. The van der Waals surface area contributed by atoms with E-state index in [1.165, 1.54) is 39.4 Å². The Balaban J connectivity index is 0.00000339. The maximum atomic E-state index is 12.9. The monoisotopic (exact) mass is 727 g/mol. The number of nitroso groups, excluding NO2 is 1. The Hall–Kier alpha value is -5.84. The molecule has 0 spiro atoms. The number of allylic oxidation sites excluding steroid dienone is 6. The number of nitrogens with one attached hydrogen (secondary N) is 2. The molecule has 0 aliphatic heterocycles. The standard InChI is InChI=1S/C38H41N3O8.2C2H6/c1-7-26(19-30(37(44)41-47)25(4)39-36(43)22-29-13-15-33(48-5)34(21-29)49-6)18-28-9-8-10-32(31(20-28)38(45)46)40-35(42)16-14-27-12-11-23(2)24(3)17-27;2*1-2/h7-9,11-13,15,17,19-21H,1,10,14,16,18,22H2,2-6H3,(H,39,43)(H,40,42)(H,45,46);2*1-2H3/b26-19+,30-25-;;. The molecule has 0 fully saturated rings. The quantitative estimate of drug-likeness (QED) is 0.0943. The minimum atomic E-state index is -1.22. The highest BCUT2D eigenvalue weighted by atomic mass is 16.5. The molecular weight excluding hydrogens is 674 g/mol. The van der Waals surface area contributed by atoms with Crippen LogP contribution >= 0.6 is 0 Å². The second kappa shape index (κ2) is 23.6. The van der Waals surface area contributed by atoms with Crippen LogP contribution in [0.1, 0.15) is 76.1 Å². The van der Waals surface area contributed by atoms with Crippen LogP contribution in [-0.4, -0.2) is 43.0 Å². The van der Waals surface area contributed by atoms with E-state index in [1.54, 1.807) is 30.4 Å². The number of carboxylic acids is 1. The molecule has 0 aromatic heterocycles. The van der Waals surface area contributed by atoms with E-state index in [2.05, 4.69) is 22.4 Å². The molecule has 3 amide bonds. The van der Waals surface area contributed by atoms with Crippen molar-refractivity contribution in [1.82, 2.24) is 10.6 Å². The van der Waals surface area contributed by atoms with Crippen LogP contribution in [0.3, 0.4) is 0 Å². The number of carbonyl (C=O) groups excluding carboxylic acids is 3. The lowest BCUT2D eigenvalue weighted by Gasteiger charge is -2.12. The molecule has 2 aromatic carbocycles. The SMILES string of the molecule is C=C/C(=C\C(C(=O)N=O)=C(/C)NC(=O)Cc1ccc(OC)c(OC)c1)CC1=CC(C(=O)O)=C(NC(=O)CCc2ccc(C)c(C)c2)CC=C1.CC.CC. The molecule has 0 bridgehead atoms.